The smallest absolute Gasteiger partial charge is 0.407 e. The van der Waals surface area contributed by atoms with Gasteiger partial charge in [-0.05, 0) is 168 Å². The van der Waals surface area contributed by atoms with Crippen molar-refractivity contribution in [1.82, 2.24) is 5.32 Å². The summed E-state index contributed by atoms with van der Waals surface area (Å²) in [6.07, 6.45) is 12.6. The van der Waals surface area contributed by atoms with Crippen LogP contribution in [0.5, 0.6) is 0 Å². The number of allylic oxidation sites excluding steroid dienone is 3. The highest BCUT2D eigenvalue weighted by Crippen LogP contribution is 2.76. The average Bonchev–Trinajstić information content (AvgIpc) is 3.72. The molecule has 1 N–H and O–H groups in total. The van der Waals surface area contributed by atoms with Crippen molar-refractivity contribution in [3.63, 3.8) is 0 Å². The van der Waals surface area contributed by atoms with E-state index >= 15 is 0 Å². The maximum absolute atomic E-state index is 14.9. The lowest BCUT2D eigenvalue weighted by Crippen LogP contribution is -2.68. The van der Waals surface area contributed by atoms with E-state index in [1.54, 1.807) is 6.07 Å². The van der Waals surface area contributed by atoms with Gasteiger partial charge in [0.05, 0.1) is 0 Å². The molecule has 3 aromatic carbocycles. The van der Waals surface area contributed by atoms with Crippen LogP contribution >= 0.6 is 0 Å². The number of aryl methyl sites for hydroxylation is 1. The van der Waals surface area contributed by atoms with Crippen LogP contribution in [0.2, 0.25) is 0 Å². The van der Waals surface area contributed by atoms with E-state index in [2.05, 4.69) is 114 Å². The van der Waals surface area contributed by atoms with Crippen molar-refractivity contribution in [3.05, 3.63) is 113 Å². The molecule has 1 amide bonds. The van der Waals surface area contributed by atoms with Crippen LogP contribution in [0.3, 0.4) is 0 Å². The van der Waals surface area contributed by atoms with Crippen LogP contribution in [0.1, 0.15) is 128 Å². The van der Waals surface area contributed by atoms with Crippen molar-refractivity contribution in [2.75, 3.05) is 6.61 Å². The third-order valence-electron chi connectivity index (χ3n) is 17.8. The highest BCUT2D eigenvalue weighted by Gasteiger charge is 2.70. The number of carbonyl (C=O) groups is 1. The van der Waals surface area contributed by atoms with Crippen molar-refractivity contribution in [3.8, 4) is 11.1 Å². The van der Waals surface area contributed by atoms with Crippen LogP contribution in [0.4, 0.5) is 9.18 Å². The Bertz CT molecular complexity index is 2150. The first-order chi connectivity index (χ1) is 27.6. The van der Waals surface area contributed by atoms with Crippen LogP contribution in [-0.4, -0.2) is 24.4 Å². The summed E-state index contributed by atoms with van der Waals surface area (Å²) in [4.78, 5) is 30.3. The van der Waals surface area contributed by atoms with Gasteiger partial charge < -0.3 is 10.1 Å². The zero-order valence-corrected chi connectivity index (χ0v) is 35.7. The fourth-order valence-electron chi connectivity index (χ4n) is 15.1. The molecule has 306 valence electrons. The second-order valence-electron chi connectivity index (χ2n) is 20.4. The van der Waals surface area contributed by atoms with Crippen LogP contribution in [0.15, 0.2) is 85.0 Å². The van der Waals surface area contributed by atoms with E-state index in [0.717, 1.165) is 37.7 Å². The van der Waals surface area contributed by atoms with Crippen LogP contribution < -0.4 is 5.32 Å². The molecular weight excluding hydrogens is 722 g/mol. The summed E-state index contributed by atoms with van der Waals surface area (Å²) in [5.41, 5.74) is 9.57. The van der Waals surface area contributed by atoms with Crippen molar-refractivity contribution >= 4 is 17.8 Å². The minimum absolute atomic E-state index is 0.0427. The van der Waals surface area contributed by atoms with Gasteiger partial charge in [0.1, 0.15) is 12.4 Å². The molecule has 6 aliphatic rings. The van der Waals surface area contributed by atoms with Gasteiger partial charge in [-0.3, -0.25) is 0 Å². The van der Waals surface area contributed by atoms with E-state index in [-0.39, 0.29) is 51.2 Å². The first-order valence-corrected chi connectivity index (χ1v) is 21.8. The summed E-state index contributed by atoms with van der Waals surface area (Å²) in [6.45, 7) is 21.8. The summed E-state index contributed by atoms with van der Waals surface area (Å²) in [5, 5.41) is 3.64. The maximum Gasteiger partial charge on any atom is 0.407 e. The Balaban J connectivity index is 0.00000152. The first-order valence-electron chi connectivity index (χ1n) is 21.8. The van der Waals surface area contributed by atoms with Crippen LogP contribution in [0, 0.1) is 64.0 Å². The van der Waals surface area contributed by atoms with Gasteiger partial charge in [0.25, 0.3) is 0 Å². The Kier molecular flexibility index (Phi) is 10.1. The number of ether oxygens (including phenoxy) is 1. The minimum Gasteiger partial charge on any atom is -0.449 e. The lowest BCUT2D eigenvalue weighted by atomic mass is 9.33. The predicted octanol–water partition coefficient (Wildman–Crippen LogP) is 12.5. The number of hydrogen-bond acceptors (Lipinski definition) is 4. The highest BCUT2D eigenvalue weighted by atomic mass is 19.1. The van der Waals surface area contributed by atoms with Gasteiger partial charge in [0, 0.05) is 11.5 Å². The lowest BCUT2D eigenvalue weighted by molar-refractivity contribution is -0.218. The molecule has 3 aromatic rings. The van der Waals surface area contributed by atoms with Crippen molar-refractivity contribution in [2.24, 2.45) is 51.2 Å². The number of benzene rings is 3. The number of nitrogens with one attached hydrogen (secondary N) is 1. The second-order valence-corrected chi connectivity index (χ2v) is 20.4. The van der Waals surface area contributed by atoms with E-state index in [1.807, 2.05) is 13.0 Å². The van der Waals surface area contributed by atoms with E-state index in [9.17, 15) is 9.18 Å². The van der Waals surface area contributed by atoms with Crippen molar-refractivity contribution in [2.45, 2.75) is 118 Å². The second kappa shape index (κ2) is 14.5. The maximum atomic E-state index is 14.9. The normalized spacial score (nSPS) is 35.2. The fourth-order valence-corrected chi connectivity index (χ4v) is 15.1. The summed E-state index contributed by atoms with van der Waals surface area (Å²) in [5.74, 6) is 2.37. The number of hydrogen-bond donors (Lipinski definition) is 1. The molecule has 9 atom stereocenters. The van der Waals surface area contributed by atoms with E-state index in [0.29, 0.717) is 41.8 Å². The highest BCUT2D eigenvalue weighted by molar-refractivity contribution is 5.79. The lowest BCUT2D eigenvalue weighted by Gasteiger charge is -2.72. The Hall–Kier alpha value is -4.28. The average molecular weight is 784 g/mol. The Labute approximate surface area is 345 Å². The first kappa shape index (κ1) is 40.5. The number of fused-ring (bicyclic) bond motifs is 10. The third-order valence-corrected chi connectivity index (χ3v) is 17.8. The van der Waals surface area contributed by atoms with E-state index < -0.39 is 0 Å². The van der Waals surface area contributed by atoms with Gasteiger partial charge in [-0.25, -0.2) is 9.18 Å². The Morgan fingerprint density at radius 1 is 0.845 bits per heavy atom. The molecule has 0 heterocycles. The molecule has 0 bridgehead atoms. The van der Waals surface area contributed by atoms with Gasteiger partial charge in [0.15, 0.2) is 0 Å². The molecule has 6 heteroatoms. The largest absolute Gasteiger partial charge is 0.449 e. The van der Waals surface area contributed by atoms with E-state index in [1.165, 1.54) is 59.1 Å². The summed E-state index contributed by atoms with van der Waals surface area (Å²) >= 11 is 0. The zero-order chi connectivity index (χ0) is 41.4. The molecule has 0 saturated heterocycles. The predicted molar refractivity (Wildman–Crippen MR) is 227 cm³/mol. The number of alkyl carbamates (subject to hydrolysis) is 1. The quantitative estimate of drug-likeness (QED) is 0.262. The van der Waals surface area contributed by atoms with Gasteiger partial charge >= 0.3 is 12.2 Å². The molecule has 9 rings (SSSR count). The number of rotatable bonds is 5. The standard InChI is InChI=1S/C51H62FNO2.CO2/c1-31(2)34-21-26-51(53-46(54)55-30-39-37-15-11-9-13-35(37)36-14-10-12-16-38(36)39)28-27-49(7)41(45(34)51)19-20-44-48(6)24-22-40(33-18-17-32(3)42(52)29-33)47(4,5)43(48)23-25-50(44,49)8;2-1-3/h9-18,22,29,34,39,41,43-45H,1,19-21,23-28,30H2,2-8H3,(H,53,54);/t34-,41+,43-,44+,45+,48-,49+,50+,51-;/m0./s1. The van der Waals surface area contributed by atoms with Crippen molar-refractivity contribution in [1.29, 1.82) is 0 Å². The van der Waals surface area contributed by atoms with Crippen molar-refractivity contribution < 1.29 is 23.5 Å². The Morgan fingerprint density at radius 2 is 1.50 bits per heavy atom. The summed E-state index contributed by atoms with van der Waals surface area (Å²) < 4.78 is 21.1. The number of amides is 1. The molecule has 58 heavy (non-hydrogen) atoms. The molecule has 5 nitrogen and oxygen atoms in total. The monoisotopic (exact) mass is 783 g/mol. The summed E-state index contributed by atoms with van der Waals surface area (Å²) in [6, 6.07) is 23.0. The van der Waals surface area contributed by atoms with Gasteiger partial charge in [-0.1, -0.05) is 114 Å². The number of halogens is 1. The van der Waals surface area contributed by atoms with Gasteiger partial charge in [-0.2, -0.15) is 9.59 Å². The molecule has 4 saturated carbocycles. The van der Waals surface area contributed by atoms with Gasteiger partial charge in [-0.15, -0.1) is 0 Å². The molecule has 0 aromatic heterocycles. The molecule has 0 aliphatic heterocycles. The van der Waals surface area contributed by atoms with Crippen LogP contribution in [-0.2, 0) is 14.3 Å². The fraction of sp³-hybridized carbons (Fsp3) is 0.538. The zero-order valence-electron chi connectivity index (χ0n) is 35.7. The third kappa shape index (κ3) is 5.94. The molecule has 6 aliphatic carbocycles. The van der Waals surface area contributed by atoms with Crippen LogP contribution in [0.25, 0.3) is 16.7 Å². The van der Waals surface area contributed by atoms with Gasteiger partial charge in [0.2, 0.25) is 0 Å². The molecule has 0 unspecified atom stereocenters. The van der Waals surface area contributed by atoms with E-state index in [4.69, 9.17) is 14.3 Å². The SMILES string of the molecule is C=C(C)[C@@H]1CC[C@]2(NC(=O)OCC3c4ccccc4-c4ccccc43)CC[C@]3(C)[C@H](CC[C@@H]4[C@@]5(C)CC=C(c6ccc(C)c(F)c6)C(C)(C)[C@@H]5CC[C@]43C)[C@@H]12.O=C=O. The minimum atomic E-state index is -0.269. The number of carbonyl (C=O) groups excluding carboxylic acids is 3. The molecule has 0 radical (unpaired) electrons. The molecule has 0 spiro atoms. The molecular formula is C52H62FNO4. The molecule has 4 fully saturated rings. The Morgan fingerprint density at radius 3 is 2.14 bits per heavy atom. The summed E-state index contributed by atoms with van der Waals surface area (Å²) in [7, 11) is 0. The topological polar surface area (TPSA) is 72.5 Å².